The molecule has 0 aromatic carbocycles. The van der Waals surface area contributed by atoms with Crippen molar-refractivity contribution in [3.63, 3.8) is 0 Å². The third-order valence-corrected chi connectivity index (χ3v) is 3.77. The zero-order chi connectivity index (χ0) is 15.0. The minimum Gasteiger partial charge on any atom is -0.344 e. The highest BCUT2D eigenvalue weighted by Gasteiger charge is 2.29. The molecule has 0 spiro atoms. The summed E-state index contributed by atoms with van der Waals surface area (Å²) >= 11 is 0. The molecule has 7 heteroatoms. The highest BCUT2D eigenvalue weighted by molar-refractivity contribution is 5.79. The van der Waals surface area contributed by atoms with Crippen molar-refractivity contribution >= 4 is 5.91 Å². The van der Waals surface area contributed by atoms with Gasteiger partial charge < -0.3 is 9.84 Å². The molecule has 2 heterocycles. The van der Waals surface area contributed by atoms with Gasteiger partial charge in [0.15, 0.2) is 5.82 Å². The highest BCUT2D eigenvalue weighted by atomic mass is 16.5. The van der Waals surface area contributed by atoms with E-state index in [1.807, 2.05) is 20.8 Å². The molecule has 2 N–H and O–H groups in total. The molecule has 2 aromatic heterocycles. The van der Waals surface area contributed by atoms with E-state index in [2.05, 4.69) is 25.7 Å². The minimum absolute atomic E-state index is 0.0822. The lowest BCUT2D eigenvalue weighted by Gasteiger charge is -2.09. The van der Waals surface area contributed by atoms with Crippen LogP contribution in [0.2, 0.25) is 0 Å². The van der Waals surface area contributed by atoms with Crippen molar-refractivity contribution in [2.24, 2.45) is 0 Å². The first-order chi connectivity index (χ1) is 10.0. The van der Waals surface area contributed by atoms with E-state index in [4.69, 9.17) is 4.52 Å². The molecule has 0 radical (unpaired) electrons. The fraction of sp³-hybridized carbons (Fsp3) is 0.571. The van der Waals surface area contributed by atoms with Crippen LogP contribution in [0, 0.1) is 13.8 Å². The third-order valence-electron chi connectivity index (χ3n) is 3.77. The molecule has 1 aliphatic rings. The van der Waals surface area contributed by atoms with Crippen LogP contribution in [-0.2, 0) is 11.2 Å². The molecule has 0 bridgehead atoms. The Labute approximate surface area is 122 Å². The monoisotopic (exact) mass is 289 g/mol. The van der Waals surface area contributed by atoms with Crippen molar-refractivity contribution < 1.29 is 9.32 Å². The van der Waals surface area contributed by atoms with Crippen molar-refractivity contribution in [1.82, 2.24) is 25.7 Å². The summed E-state index contributed by atoms with van der Waals surface area (Å²) in [6, 6.07) is -0.287. The summed E-state index contributed by atoms with van der Waals surface area (Å²) in [5.74, 6) is 1.58. The Balaban J connectivity index is 1.60. The maximum absolute atomic E-state index is 12.1. The lowest BCUT2D eigenvalue weighted by Crippen LogP contribution is -2.28. The van der Waals surface area contributed by atoms with E-state index in [1.165, 1.54) is 0 Å². The predicted molar refractivity (Wildman–Crippen MR) is 74.6 cm³/mol. The van der Waals surface area contributed by atoms with Crippen LogP contribution < -0.4 is 5.32 Å². The summed E-state index contributed by atoms with van der Waals surface area (Å²) in [6.45, 7) is 5.64. The number of H-pyrrole nitrogens is 1. The van der Waals surface area contributed by atoms with E-state index < -0.39 is 0 Å². The van der Waals surface area contributed by atoms with Crippen molar-refractivity contribution in [2.45, 2.75) is 52.0 Å². The van der Waals surface area contributed by atoms with Gasteiger partial charge in [-0.3, -0.25) is 9.89 Å². The summed E-state index contributed by atoms with van der Waals surface area (Å²) in [7, 11) is 0. The molecule has 2 aromatic rings. The van der Waals surface area contributed by atoms with Crippen LogP contribution in [0.25, 0.3) is 0 Å². The Hall–Kier alpha value is -2.18. The number of aromatic amines is 1. The summed E-state index contributed by atoms with van der Waals surface area (Å²) in [6.07, 6.45) is 2.54. The minimum atomic E-state index is -0.287. The Morgan fingerprint density at radius 1 is 1.48 bits per heavy atom. The number of carbonyl (C=O) groups excluding carboxylic acids is 1. The lowest BCUT2D eigenvalue weighted by atomic mass is 10.1. The fourth-order valence-corrected chi connectivity index (χ4v) is 2.28. The molecular weight excluding hydrogens is 270 g/mol. The van der Waals surface area contributed by atoms with Crippen molar-refractivity contribution in [3.05, 3.63) is 28.7 Å². The van der Waals surface area contributed by atoms with Gasteiger partial charge in [-0.25, -0.2) is 0 Å². The molecule has 1 amide bonds. The smallest absolute Gasteiger partial charge is 0.248 e. The second-order valence-electron chi connectivity index (χ2n) is 5.64. The molecule has 1 fully saturated rings. The van der Waals surface area contributed by atoms with E-state index >= 15 is 0 Å². The number of rotatable bonds is 5. The van der Waals surface area contributed by atoms with Crippen molar-refractivity contribution in [3.8, 4) is 0 Å². The van der Waals surface area contributed by atoms with E-state index in [-0.39, 0.29) is 11.9 Å². The van der Waals surface area contributed by atoms with Crippen LogP contribution in [0.4, 0.5) is 0 Å². The zero-order valence-corrected chi connectivity index (χ0v) is 12.4. The molecule has 1 saturated carbocycles. The van der Waals surface area contributed by atoms with Crippen LogP contribution in [0.3, 0.4) is 0 Å². The van der Waals surface area contributed by atoms with Gasteiger partial charge in [0.1, 0.15) is 6.04 Å². The summed E-state index contributed by atoms with van der Waals surface area (Å²) in [5.41, 5.74) is 2.71. The average molecular weight is 289 g/mol. The van der Waals surface area contributed by atoms with Gasteiger partial charge in [0, 0.05) is 17.2 Å². The Bertz CT molecular complexity index is 637. The Morgan fingerprint density at radius 2 is 2.24 bits per heavy atom. The summed E-state index contributed by atoms with van der Waals surface area (Å²) in [5, 5.41) is 13.8. The number of hydrogen-bond donors (Lipinski definition) is 2. The number of amides is 1. The van der Waals surface area contributed by atoms with Gasteiger partial charge >= 0.3 is 0 Å². The normalized spacial score (nSPS) is 16.0. The van der Waals surface area contributed by atoms with E-state index in [1.54, 1.807) is 0 Å². The van der Waals surface area contributed by atoms with Crippen LogP contribution in [-0.4, -0.2) is 26.2 Å². The second kappa shape index (κ2) is 5.31. The first-order valence-electron chi connectivity index (χ1n) is 7.18. The van der Waals surface area contributed by atoms with Gasteiger partial charge in [-0.15, -0.1) is 0 Å². The molecule has 21 heavy (non-hydrogen) atoms. The number of aromatic nitrogens is 4. The quantitative estimate of drug-likeness (QED) is 0.873. The van der Waals surface area contributed by atoms with Gasteiger partial charge in [0.25, 0.3) is 0 Å². The Morgan fingerprint density at radius 3 is 2.86 bits per heavy atom. The fourth-order valence-electron chi connectivity index (χ4n) is 2.28. The molecule has 3 rings (SSSR count). The topological polar surface area (TPSA) is 96.7 Å². The SMILES string of the molecule is Cc1n[nH]c(C)c1CC(=O)N[C@H](C)c1nc(C2CC2)no1. The summed E-state index contributed by atoms with van der Waals surface area (Å²) in [4.78, 5) is 16.5. The summed E-state index contributed by atoms with van der Waals surface area (Å²) < 4.78 is 5.22. The average Bonchev–Trinajstić information content (AvgIpc) is 3.10. The Kier molecular flexibility index (Phi) is 3.48. The number of nitrogens with one attached hydrogen (secondary N) is 2. The van der Waals surface area contributed by atoms with Gasteiger partial charge in [0.2, 0.25) is 11.8 Å². The van der Waals surface area contributed by atoms with Gasteiger partial charge in [-0.05, 0) is 33.6 Å². The van der Waals surface area contributed by atoms with E-state index in [9.17, 15) is 4.79 Å². The van der Waals surface area contributed by atoms with Crippen molar-refractivity contribution in [1.29, 1.82) is 0 Å². The maximum Gasteiger partial charge on any atom is 0.248 e. The van der Waals surface area contributed by atoms with E-state index in [0.29, 0.717) is 18.2 Å². The molecule has 0 unspecified atom stereocenters. The maximum atomic E-state index is 12.1. The lowest BCUT2D eigenvalue weighted by molar-refractivity contribution is -0.121. The van der Waals surface area contributed by atoms with Crippen LogP contribution in [0.15, 0.2) is 4.52 Å². The molecule has 1 aliphatic carbocycles. The predicted octanol–water partition coefficient (Wildman–Crippen LogP) is 1.71. The van der Waals surface area contributed by atoms with Gasteiger partial charge in [0.05, 0.1) is 12.1 Å². The third kappa shape index (κ3) is 2.96. The van der Waals surface area contributed by atoms with Crippen LogP contribution in [0.1, 0.15) is 60.4 Å². The molecule has 1 atom stereocenters. The highest BCUT2D eigenvalue weighted by Crippen LogP contribution is 2.38. The molecular formula is C14H19N5O2. The molecule has 0 saturated heterocycles. The molecule has 0 aliphatic heterocycles. The number of aryl methyl sites for hydroxylation is 2. The standard InChI is InChI=1S/C14H19N5O2/c1-7-11(8(2)18-17-7)6-12(20)15-9(3)14-16-13(19-21-14)10-4-5-10/h9-10H,4-6H2,1-3H3,(H,15,20)(H,17,18)/t9-/m1/s1. The number of carbonyl (C=O) groups is 1. The van der Waals surface area contributed by atoms with E-state index in [0.717, 1.165) is 35.6 Å². The van der Waals surface area contributed by atoms with Gasteiger partial charge in [-0.1, -0.05) is 5.16 Å². The van der Waals surface area contributed by atoms with Crippen LogP contribution in [0.5, 0.6) is 0 Å². The van der Waals surface area contributed by atoms with Gasteiger partial charge in [-0.2, -0.15) is 10.1 Å². The van der Waals surface area contributed by atoms with Crippen LogP contribution >= 0.6 is 0 Å². The second-order valence-corrected chi connectivity index (χ2v) is 5.64. The first kappa shape index (κ1) is 13.8. The number of hydrogen-bond acceptors (Lipinski definition) is 5. The largest absolute Gasteiger partial charge is 0.344 e. The molecule has 7 nitrogen and oxygen atoms in total. The molecule has 112 valence electrons. The zero-order valence-electron chi connectivity index (χ0n) is 12.4. The number of nitrogens with zero attached hydrogens (tertiary/aromatic N) is 3. The first-order valence-corrected chi connectivity index (χ1v) is 7.18. The van der Waals surface area contributed by atoms with Crippen molar-refractivity contribution in [2.75, 3.05) is 0 Å².